The first kappa shape index (κ1) is 32.2. The van der Waals surface area contributed by atoms with Gasteiger partial charge in [0, 0.05) is 49.1 Å². The molecule has 4 atom stereocenters. The van der Waals surface area contributed by atoms with Crippen LogP contribution in [0.1, 0.15) is 75.1 Å². The lowest BCUT2D eigenvalue weighted by atomic mass is 10.1. The number of nitrogens with zero attached hydrogens (tertiary/aromatic N) is 2. The van der Waals surface area contributed by atoms with Crippen LogP contribution >= 0.6 is 0 Å². The maximum Gasteiger partial charge on any atom is 0.411 e. The molecule has 0 bridgehead atoms. The number of likely N-dealkylation sites (tertiary alicyclic amines) is 2. The van der Waals surface area contributed by atoms with Crippen LogP contribution in [0.4, 0.5) is 9.59 Å². The maximum atomic E-state index is 12.8. The molecule has 1 aromatic carbocycles. The molecule has 4 amide bonds. The second-order valence-corrected chi connectivity index (χ2v) is 12.4. The summed E-state index contributed by atoms with van der Waals surface area (Å²) in [5, 5.41) is 24.6. The number of ether oxygens (including phenoxy) is 2. The average molecular weight is 591 g/mol. The Morgan fingerprint density at radius 3 is 1.24 bits per heavy atom. The number of nitrogens with one attached hydrogen (secondary N) is 2. The van der Waals surface area contributed by atoms with Crippen LogP contribution in [-0.2, 0) is 19.1 Å². The van der Waals surface area contributed by atoms with Gasteiger partial charge in [0.05, 0.1) is 0 Å². The van der Waals surface area contributed by atoms with Crippen LogP contribution < -0.4 is 10.6 Å². The summed E-state index contributed by atoms with van der Waals surface area (Å²) < 4.78 is 10.6. The summed E-state index contributed by atoms with van der Waals surface area (Å²) in [6.45, 7) is 9.91. The van der Waals surface area contributed by atoms with Crippen LogP contribution in [0.15, 0.2) is 24.3 Å². The molecule has 2 aliphatic rings. The van der Waals surface area contributed by atoms with Crippen molar-refractivity contribution in [1.29, 1.82) is 0 Å². The van der Waals surface area contributed by atoms with Crippen LogP contribution in [0.25, 0.3) is 0 Å². The molecule has 0 aromatic heterocycles. The van der Waals surface area contributed by atoms with Gasteiger partial charge < -0.3 is 30.3 Å². The summed E-state index contributed by atoms with van der Waals surface area (Å²) in [7, 11) is 0. The third-order valence-electron chi connectivity index (χ3n) is 6.51. The predicted molar refractivity (Wildman–Crippen MR) is 147 cm³/mol. The van der Waals surface area contributed by atoms with E-state index < -0.39 is 71.3 Å². The second-order valence-electron chi connectivity index (χ2n) is 12.4. The number of aliphatic carboxylic acids is 2. The van der Waals surface area contributed by atoms with Gasteiger partial charge in [-0.05, 0) is 65.8 Å². The third-order valence-corrected chi connectivity index (χ3v) is 6.51. The van der Waals surface area contributed by atoms with Crippen molar-refractivity contribution in [2.75, 3.05) is 13.1 Å². The quantitative estimate of drug-likeness (QED) is 0.381. The first-order valence-corrected chi connectivity index (χ1v) is 13.5. The highest BCUT2D eigenvalue weighted by Crippen LogP contribution is 2.24. The Kier molecular flexibility index (Phi) is 9.38. The van der Waals surface area contributed by atoms with E-state index in [1.807, 2.05) is 0 Å². The molecule has 230 valence electrons. The minimum absolute atomic E-state index is 0.000155. The lowest BCUT2D eigenvalue weighted by Gasteiger charge is -2.26. The van der Waals surface area contributed by atoms with Crippen molar-refractivity contribution in [3.63, 3.8) is 0 Å². The smallest absolute Gasteiger partial charge is 0.411 e. The van der Waals surface area contributed by atoms with Crippen LogP contribution in [0.3, 0.4) is 0 Å². The SMILES string of the molecule is CC(C)(C)OC(=O)N1C[C@@H](NC(=O)c2ccc(C(=O)N[C@H]3C[C@@H](C(=O)O)N(C(=O)OC(C)(C)C)C3)cc2)C[C@H]1C(=O)O. The largest absolute Gasteiger partial charge is 0.480 e. The minimum atomic E-state index is -1.21. The molecular weight excluding hydrogens is 552 g/mol. The number of hydrogen-bond acceptors (Lipinski definition) is 8. The average Bonchev–Trinajstić information content (AvgIpc) is 3.47. The number of carbonyl (C=O) groups is 6. The van der Waals surface area contributed by atoms with Gasteiger partial charge >= 0.3 is 24.1 Å². The van der Waals surface area contributed by atoms with E-state index in [4.69, 9.17) is 9.47 Å². The second kappa shape index (κ2) is 12.2. The van der Waals surface area contributed by atoms with Crippen molar-refractivity contribution in [2.45, 2.75) is 89.8 Å². The van der Waals surface area contributed by atoms with E-state index in [0.29, 0.717) is 0 Å². The fourth-order valence-corrected chi connectivity index (χ4v) is 4.70. The topological polar surface area (TPSA) is 192 Å². The molecule has 42 heavy (non-hydrogen) atoms. The van der Waals surface area contributed by atoms with Crippen LogP contribution in [0, 0.1) is 0 Å². The van der Waals surface area contributed by atoms with Gasteiger partial charge in [-0.25, -0.2) is 19.2 Å². The Labute approximate surface area is 243 Å². The number of hydrogen-bond donors (Lipinski definition) is 4. The van der Waals surface area contributed by atoms with Gasteiger partial charge in [-0.1, -0.05) is 0 Å². The van der Waals surface area contributed by atoms with Crippen LogP contribution in [-0.4, -0.2) is 104 Å². The summed E-state index contributed by atoms with van der Waals surface area (Å²) in [6.07, 6.45) is -1.57. The standard InChI is InChI=1S/C28H38N4O10/c1-27(2,3)41-25(39)31-13-17(11-19(31)23(35)36)29-21(33)15-7-9-16(10-8-15)22(34)30-18-12-20(24(37)38)32(14-18)26(40)42-28(4,5)6/h7-10,17-20H,11-14H2,1-6H3,(H,29,33)(H,30,34)(H,35,36)(H,37,38)/t17-,18-,19-,20-/m0/s1. The predicted octanol–water partition coefficient (Wildman–Crippen LogP) is 2.07. The van der Waals surface area contributed by atoms with E-state index in [9.17, 15) is 39.0 Å². The molecule has 0 radical (unpaired) electrons. The first-order chi connectivity index (χ1) is 19.3. The molecule has 14 heteroatoms. The molecule has 2 heterocycles. The molecule has 1 aromatic rings. The summed E-state index contributed by atoms with van der Waals surface area (Å²) in [6, 6.07) is 2.10. The lowest BCUT2D eigenvalue weighted by Crippen LogP contribution is -2.44. The molecule has 0 saturated carbocycles. The van der Waals surface area contributed by atoms with Gasteiger partial charge in [0.1, 0.15) is 23.3 Å². The molecule has 2 saturated heterocycles. The molecule has 0 spiro atoms. The van der Waals surface area contributed by atoms with Crippen molar-refractivity contribution in [3.8, 4) is 0 Å². The number of carboxylic acid groups (broad SMARTS) is 2. The van der Waals surface area contributed by atoms with Gasteiger partial charge in [0.15, 0.2) is 0 Å². The molecule has 0 unspecified atom stereocenters. The highest BCUT2D eigenvalue weighted by atomic mass is 16.6. The maximum absolute atomic E-state index is 12.8. The van der Waals surface area contributed by atoms with Crippen molar-refractivity contribution in [3.05, 3.63) is 35.4 Å². The molecule has 3 rings (SSSR count). The number of carboxylic acids is 2. The molecule has 2 fully saturated rings. The highest BCUT2D eigenvalue weighted by Gasteiger charge is 2.43. The number of carbonyl (C=O) groups excluding carboxylic acids is 4. The zero-order chi connectivity index (χ0) is 31.6. The van der Waals surface area contributed by atoms with E-state index in [1.165, 1.54) is 24.3 Å². The Morgan fingerprint density at radius 2 is 0.976 bits per heavy atom. The van der Waals surface area contributed by atoms with E-state index in [0.717, 1.165) is 9.80 Å². The zero-order valence-corrected chi connectivity index (χ0v) is 24.5. The fraction of sp³-hybridized carbons (Fsp3) is 0.571. The Balaban J connectivity index is 1.60. The normalized spacial score (nSPS) is 22.3. The summed E-state index contributed by atoms with van der Waals surface area (Å²) in [5.41, 5.74) is -1.22. The highest BCUT2D eigenvalue weighted by molar-refractivity contribution is 5.98. The van der Waals surface area contributed by atoms with Gasteiger partial charge in [0.2, 0.25) is 0 Å². The Bertz CT molecular complexity index is 1140. The van der Waals surface area contributed by atoms with Crippen molar-refractivity contribution < 1.29 is 48.5 Å². The van der Waals surface area contributed by atoms with Gasteiger partial charge in [-0.15, -0.1) is 0 Å². The van der Waals surface area contributed by atoms with E-state index in [-0.39, 0.29) is 37.1 Å². The monoisotopic (exact) mass is 590 g/mol. The van der Waals surface area contributed by atoms with Crippen molar-refractivity contribution in [2.24, 2.45) is 0 Å². The zero-order valence-electron chi connectivity index (χ0n) is 24.5. The van der Waals surface area contributed by atoms with Gasteiger partial charge in [0.25, 0.3) is 11.8 Å². The first-order valence-electron chi connectivity index (χ1n) is 13.5. The lowest BCUT2D eigenvalue weighted by molar-refractivity contribution is -0.142. The fourth-order valence-electron chi connectivity index (χ4n) is 4.70. The van der Waals surface area contributed by atoms with E-state index in [2.05, 4.69) is 10.6 Å². The molecule has 14 nitrogen and oxygen atoms in total. The Hall–Kier alpha value is -4.36. The van der Waals surface area contributed by atoms with Crippen LogP contribution in [0.2, 0.25) is 0 Å². The molecule has 4 N–H and O–H groups in total. The van der Waals surface area contributed by atoms with Crippen molar-refractivity contribution in [1.82, 2.24) is 20.4 Å². The summed E-state index contributed by atoms with van der Waals surface area (Å²) in [5.74, 6) is -3.45. The summed E-state index contributed by atoms with van der Waals surface area (Å²) >= 11 is 0. The number of benzene rings is 1. The van der Waals surface area contributed by atoms with E-state index in [1.54, 1.807) is 41.5 Å². The van der Waals surface area contributed by atoms with E-state index >= 15 is 0 Å². The van der Waals surface area contributed by atoms with Crippen molar-refractivity contribution >= 4 is 35.9 Å². The third kappa shape index (κ3) is 8.33. The van der Waals surface area contributed by atoms with Gasteiger partial charge in [-0.3, -0.25) is 19.4 Å². The minimum Gasteiger partial charge on any atom is -0.480 e. The van der Waals surface area contributed by atoms with Gasteiger partial charge in [-0.2, -0.15) is 0 Å². The summed E-state index contributed by atoms with van der Waals surface area (Å²) in [4.78, 5) is 76.3. The number of rotatable bonds is 6. The number of amides is 4. The molecule has 2 aliphatic heterocycles. The van der Waals surface area contributed by atoms with Crippen LogP contribution in [0.5, 0.6) is 0 Å². The molecular formula is C28H38N4O10. The Morgan fingerprint density at radius 1 is 0.667 bits per heavy atom. The molecule has 0 aliphatic carbocycles.